The van der Waals surface area contributed by atoms with Crippen molar-refractivity contribution in [1.82, 2.24) is 4.90 Å². The van der Waals surface area contributed by atoms with E-state index in [2.05, 4.69) is 6.58 Å². The number of carbonyl (C=O) groups excluding carboxylic acids is 1. The number of rotatable bonds is 5. The molecule has 0 spiro atoms. The van der Waals surface area contributed by atoms with E-state index in [-0.39, 0.29) is 0 Å². The summed E-state index contributed by atoms with van der Waals surface area (Å²) in [6.07, 6.45) is 3.38. The lowest BCUT2D eigenvalue weighted by Crippen LogP contribution is -2.28. The highest BCUT2D eigenvalue weighted by atomic mass is 16.1. The maximum absolute atomic E-state index is 9.98. The van der Waals surface area contributed by atoms with Crippen LogP contribution in [0.5, 0.6) is 0 Å². The van der Waals surface area contributed by atoms with Crippen molar-refractivity contribution >= 4 is 6.41 Å². The van der Waals surface area contributed by atoms with Gasteiger partial charge in [-0.3, -0.25) is 4.79 Å². The monoisotopic (exact) mass is 127 g/mol. The predicted octanol–water partition coefficient (Wildman–Crippen LogP) is -0.500. The molecule has 0 rings (SSSR count). The number of amides is 1. The molecule has 1 amide bonds. The third-order valence-corrected chi connectivity index (χ3v) is 0.878. The molecule has 9 heavy (non-hydrogen) atoms. The van der Waals surface area contributed by atoms with Gasteiger partial charge in [0, 0.05) is 19.6 Å². The molecule has 0 atom stereocenters. The van der Waals surface area contributed by atoms with E-state index >= 15 is 0 Å². The summed E-state index contributed by atoms with van der Waals surface area (Å²) in [5.74, 6) is 0. The van der Waals surface area contributed by atoms with Crippen LogP contribution in [0.25, 0.3) is 0 Å². The molecule has 0 aliphatic carbocycles. The molecule has 0 aliphatic heterocycles. The van der Waals surface area contributed by atoms with Crippen LogP contribution in [0.1, 0.15) is 0 Å². The maximum atomic E-state index is 9.98. The Labute approximate surface area is 55.1 Å². The van der Waals surface area contributed by atoms with Crippen molar-refractivity contribution in [2.24, 2.45) is 5.73 Å². The SMILES string of the molecule is C=CCN([C]=O)CCN. The molecule has 0 aromatic carbocycles. The molecule has 51 valence electrons. The summed E-state index contributed by atoms with van der Waals surface area (Å²) in [7, 11) is 0. The molecular formula is C6H11N2O. The van der Waals surface area contributed by atoms with Crippen molar-refractivity contribution in [2.75, 3.05) is 19.6 Å². The van der Waals surface area contributed by atoms with Crippen LogP contribution in [-0.2, 0) is 4.79 Å². The molecular weight excluding hydrogens is 116 g/mol. The van der Waals surface area contributed by atoms with Crippen LogP contribution in [0.3, 0.4) is 0 Å². The molecule has 3 heteroatoms. The van der Waals surface area contributed by atoms with Gasteiger partial charge in [-0.15, -0.1) is 6.58 Å². The van der Waals surface area contributed by atoms with Gasteiger partial charge in [0.05, 0.1) is 0 Å². The van der Waals surface area contributed by atoms with E-state index in [0.29, 0.717) is 19.6 Å². The van der Waals surface area contributed by atoms with E-state index in [0.717, 1.165) is 0 Å². The van der Waals surface area contributed by atoms with Gasteiger partial charge in [-0.1, -0.05) is 6.08 Å². The summed E-state index contributed by atoms with van der Waals surface area (Å²) < 4.78 is 0. The molecule has 3 nitrogen and oxygen atoms in total. The first-order valence-electron chi connectivity index (χ1n) is 2.78. The van der Waals surface area contributed by atoms with Gasteiger partial charge < -0.3 is 10.6 Å². The Morgan fingerprint density at radius 2 is 2.44 bits per heavy atom. The van der Waals surface area contributed by atoms with Crippen molar-refractivity contribution in [2.45, 2.75) is 0 Å². The van der Waals surface area contributed by atoms with Crippen molar-refractivity contribution in [3.8, 4) is 0 Å². The zero-order valence-electron chi connectivity index (χ0n) is 5.34. The van der Waals surface area contributed by atoms with Crippen molar-refractivity contribution in [1.29, 1.82) is 0 Å². The average molecular weight is 127 g/mol. The van der Waals surface area contributed by atoms with E-state index in [1.807, 2.05) is 0 Å². The Morgan fingerprint density at radius 1 is 1.78 bits per heavy atom. The highest BCUT2D eigenvalue weighted by Crippen LogP contribution is 1.79. The molecule has 0 saturated heterocycles. The zero-order chi connectivity index (χ0) is 7.11. The molecule has 0 heterocycles. The Morgan fingerprint density at radius 3 is 2.78 bits per heavy atom. The topological polar surface area (TPSA) is 46.3 Å². The Hall–Kier alpha value is -0.830. The molecule has 0 aliphatic rings. The fraction of sp³-hybridized carbons (Fsp3) is 0.500. The largest absolute Gasteiger partial charge is 0.329 e. The second-order valence-electron chi connectivity index (χ2n) is 1.61. The lowest BCUT2D eigenvalue weighted by Gasteiger charge is -2.10. The standard InChI is InChI=1S/C6H11N2O/c1-2-4-8(6-9)5-3-7/h2H,1,3-5,7H2. The highest BCUT2D eigenvalue weighted by Gasteiger charge is 1.94. The van der Waals surface area contributed by atoms with Crippen LogP contribution in [0.4, 0.5) is 0 Å². The Kier molecular flexibility index (Phi) is 4.82. The molecule has 1 radical (unpaired) electrons. The van der Waals surface area contributed by atoms with Crippen molar-refractivity contribution < 1.29 is 4.79 Å². The minimum absolute atomic E-state index is 0.475. The first-order chi connectivity index (χ1) is 4.35. The van der Waals surface area contributed by atoms with Gasteiger partial charge >= 0.3 is 6.41 Å². The number of nitrogens with two attached hydrogens (primary N) is 1. The van der Waals surface area contributed by atoms with Crippen LogP contribution in [-0.4, -0.2) is 30.9 Å². The Bertz CT molecular complexity index is 93.1. The van der Waals surface area contributed by atoms with E-state index in [1.54, 1.807) is 12.5 Å². The summed E-state index contributed by atoms with van der Waals surface area (Å²) >= 11 is 0. The molecule has 0 aromatic heterocycles. The van der Waals surface area contributed by atoms with Crippen LogP contribution in [0.2, 0.25) is 0 Å². The average Bonchev–Trinajstić information content (AvgIpc) is 1.88. The van der Waals surface area contributed by atoms with Gasteiger partial charge in [0.2, 0.25) is 0 Å². The first-order valence-corrected chi connectivity index (χ1v) is 2.78. The minimum atomic E-state index is 0.475. The third kappa shape index (κ3) is 3.73. The summed E-state index contributed by atoms with van der Waals surface area (Å²) in [5, 5.41) is 0. The smallest absolute Gasteiger partial charge is 0.312 e. The van der Waals surface area contributed by atoms with Crippen molar-refractivity contribution in [3.05, 3.63) is 12.7 Å². The fourth-order valence-electron chi connectivity index (χ4n) is 0.486. The van der Waals surface area contributed by atoms with Crippen LogP contribution < -0.4 is 5.73 Å². The number of nitrogens with zero attached hydrogens (tertiary/aromatic N) is 1. The molecule has 2 N–H and O–H groups in total. The van der Waals surface area contributed by atoms with Crippen molar-refractivity contribution in [3.63, 3.8) is 0 Å². The van der Waals surface area contributed by atoms with E-state index < -0.39 is 0 Å². The fourth-order valence-corrected chi connectivity index (χ4v) is 0.486. The Balaban J connectivity index is 3.40. The number of hydrogen-bond acceptors (Lipinski definition) is 2. The van der Waals surface area contributed by atoms with Gasteiger partial charge in [0.25, 0.3) is 0 Å². The van der Waals surface area contributed by atoms with Crippen LogP contribution in [0.15, 0.2) is 12.7 Å². The summed E-state index contributed by atoms with van der Waals surface area (Å²) in [6, 6.07) is 0. The highest BCUT2D eigenvalue weighted by molar-refractivity contribution is 5.48. The van der Waals surface area contributed by atoms with Crippen LogP contribution >= 0.6 is 0 Å². The lowest BCUT2D eigenvalue weighted by atomic mass is 10.5. The summed E-state index contributed by atoms with van der Waals surface area (Å²) in [5.41, 5.74) is 5.18. The van der Waals surface area contributed by atoms with Gasteiger partial charge in [-0.2, -0.15) is 0 Å². The van der Waals surface area contributed by atoms with Gasteiger partial charge in [-0.25, -0.2) is 0 Å². The summed E-state index contributed by atoms with van der Waals surface area (Å²) in [4.78, 5) is 11.4. The molecule has 0 saturated carbocycles. The van der Waals surface area contributed by atoms with Crippen LogP contribution in [0, 0.1) is 0 Å². The third-order valence-electron chi connectivity index (χ3n) is 0.878. The predicted molar refractivity (Wildman–Crippen MR) is 36.5 cm³/mol. The van der Waals surface area contributed by atoms with E-state index in [4.69, 9.17) is 5.73 Å². The van der Waals surface area contributed by atoms with Gasteiger partial charge in [0.1, 0.15) is 0 Å². The second-order valence-corrected chi connectivity index (χ2v) is 1.61. The first kappa shape index (κ1) is 8.17. The normalized spacial score (nSPS) is 8.56. The minimum Gasteiger partial charge on any atom is -0.329 e. The summed E-state index contributed by atoms with van der Waals surface area (Å²) in [6.45, 7) is 5.02. The zero-order valence-corrected chi connectivity index (χ0v) is 5.34. The number of hydrogen-bond donors (Lipinski definition) is 1. The quantitative estimate of drug-likeness (QED) is 0.400. The molecule has 0 bridgehead atoms. The van der Waals surface area contributed by atoms with Gasteiger partial charge in [-0.05, 0) is 0 Å². The van der Waals surface area contributed by atoms with E-state index in [9.17, 15) is 4.79 Å². The van der Waals surface area contributed by atoms with E-state index in [1.165, 1.54) is 4.90 Å². The lowest BCUT2D eigenvalue weighted by molar-refractivity contribution is 0.415. The molecule has 0 fully saturated rings. The second kappa shape index (κ2) is 5.31. The van der Waals surface area contributed by atoms with Gasteiger partial charge in [0.15, 0.2) is 0 Å². The molecule has 0 unspecified atom stereocenters. The maximum Gasteiger partial charge on any atom is 0.312 e. The molecule has 0 aromatic rings.